The summed E-state index contributed by atoms with van der Waals surface area (Å²) < 4.78 is 55.5. The van der Waals surface area contributed by atoms with Crippen molar-refractivity contribution in [3.63, 3.8) is 0 Å². The van der Waals surface area contributed by atoms with Crippen LogP contribution in [0.5, 0.6) is 11.5 Å². The molecule has 0 amide bonds. The summed E-state index contributed by atoms with van der Waals surface area (Å²) in [5, 5.41) is 10.1. The quantitative estimate of drug-likeness (QED) is 0.297. The fourth-order valence-electron chi connectivity index (χ4n) is 5.13. The fourth-order valence-corrected chi connectivity index (χ4v) is 5.13. The van der Waals surface area contributed by atoms with Crippen LogP contribution in [-0.4, -0.2) is 18.3 Å². The van der Waals surface area contributed by atoms with Crippen molar-refractivity contribution in [3.05, 3.63) is 83.2 Å². The van der Waals surface area contributed by atoms with Crippen LogP contribution in [0.2, 0.25) is 0 Å². The Morgan fingerprint density at radius 1 is 0.865 bits per heavy atom. The predicted octanol–water partition coefficient (Wildman–Crippen LogP) is 8.36. The Labute approximate surface area is 217 Å². The van der Waals surface area contributed by atoms with Crippen LogP contribution >= 0.6 is 0 Å². The second-order valence-corrected chi connectivity index (χ2v) is 9.81. The van der Waals surface area contributed by atoms with Gasteiger partial charge in [0.25, 0.3) is 0 Å². The summed E-state index contributed by atoms with van der Waals surface area (Å²) in [5.74, 6) is -1.24. The monoisotopic (exact) mass is 512 g/mol. The summed E-state index contributed by atoms with van der Waals surface area (Å²) in [6, 6.07) is 14.9. The van der Waals surface area contributed by atoms with Crippen LogP contribution in [0.1, 0.15) is 75.5 Å². The van der Waals surface area contributed by atoms with E-state index in [0.717, 1.165) is 37.7 Å². The third-order valence-electron chi connectivity index (χ3n) is 7.26. The molecule has 0 radical (unpaired) electrons. The van der Waals surface area contributed by atoms with Crippen molar-refractivity contribution in [2.45, 2.75) is 64.4 Å². The molecule has 4 rings (SSSR count). The van der Waals surface area contributed by atoms with Crippen molar-refractivity contribution >= 4 is 0 Å². The molecule has 0 aliphatic heterocycles. The van der Waals surface area contributed by atoms with E-state index in [1.165, 1.54) is 6.07 Å². The van der Waals surface area contributed by atoms with Gasteiger partial charge in [0.05, 0.1) is 19.3 Å². The highest BCUT2D eigenvalue weighted by Crippen LogP contribution is 2.39. The van der Waals surface area contributed by atoms with E-state index >= 15 is 8.78 Å². The molecular weight excluding hydrogens is 477 g/mol. The van der Waals surface area contributed by atoms with E-state index in [9.17, 15) is 9.50 Å². The molecule has 1 aliphatic carbocycles. The molecule has 1 N–H and O–H groups in total. The maximum absolute atomic E-state index is 15.1. The lowest BCUT2D eigenvalue weighted by Crippen LogP contribution is -2.20. The minimum absolute atomic E-state index is 0.0615. The van der Waals surface area contributed by atoms with Gasteiger partial charge in [0.15, 0.2) is 23.2 Å². The number of hydrogen-bond donors (Lipinski definition) is 1. The molecule has 198 valence electrons. The standard InChI is InChI=1S/C31H35F3O3/c1-3-5-28(35)23-12-10-22(11-13-23)26-16-15-25(30(33)31(26)34)21-8-6-20(7-9-21)19-37-29-17-14-24(36-4-2)18-27(29)32/h10-18,20-21,28,35H,3-9,19H2,1-2H3. The average molecular weight is 513 g/mol. The predicted molar refractivity (Wildman–Crippen MR) is 139 cm³/mol. The molecule has 0 bridgehead atoms. The van der Waals surface area contributed by atoms with Gasteiger partial charge in [-0.15, -0.1) is 0 Å². The highest BCUT2D eigenvalue weighted by Gasteiger charge is 2.27. The lowest BCUT2D eigenvalue weighted by atomic mass is 9.78. The molecule has 1 atom stereocenters. The number of halogens is 3. The van der Waals surface area contributed by atoms with Crippen molar-refractivity contribution in [1.82, 2.24) is 0 Å². The van der Waals surface area contributed by atoms with Gasteiger partial charge in [-0.1, -0.05) is 49.7 Å². The number of ether oxygens (including phenoxy) is 2. The van der Waals surface area contributed by atoms with Gasteiger partial charge < -0.3 is 14.6 Å². The van der Waals surface area contributed by atoms with E-state index in [1.807, 2.05) is 13.8 Å². The maximum atomic E-state index is 15.1. The van der Waals surface area contributed by atoms with E-state index in [4.69, 9.17) is 9.47 Å². The zero-order valence-electron chi connectivity index (χ0n) is 21.5. The average Bonchev–Trinajstić information content (AvgIpc) is 2.91. The third-order valence-corrected chi connectivity index (χ3v) is 7.26. The molecule has 0 spiro atoms. The normalized spacial score (nSPS) is 18.4. The van der Waals surface area contributed by atoms with Crippen LogP contribution in [0, 0.1) is 23.4 Å². The van der Waals surface area contributed by atoms with E-state index in [2.05, 4.69) is 0 Å². The second-order valence-electron chi connectivity index (χ2n) is 9.81. The molecule has 37 heavy (non-hydrogen) atoms. The van der Waals surface area contributed by atoms with Gasteiger partial charge in [-0.05, 0) is 79.7 Å². The van der Waals surface area contributed by atoms with Crippen LogP contribution in [0.25, 0.3) is 11.1 Å². The van der Waals surface area contributed by atoms with Crippen LogP contribution in [0.4, 0.5) is 13.2 Å². The first-order valence-electron chi connectivity index (χ1n) is 13.2. The SMILES string of the molecule is CCCC(O)c1ccc(-c2ccc(C3CCC(COc4ccc(OCC)cc4F)CC3)c(F)c2F)cc1. The van der Waals surface area contributed by atoms with Crippen molar-refractivity contribution < 1.29 is 27.8 Å². The number of hydrogen-bond acceptors (Lipinski definition) is 3. The molecule has 0 saturated heterocycles. The van der Waals surface area contributed by atoms with Gasteiger partial charge in [0, 0.05) is 11.6 Å². The Bertz CT molecular complexity index is 1170. The van der Waals surface area contributed by atoms with Gasteiger partial charge in [0.2, 0.25) is 0 Å². The van der Waals surface area contributed by atoms with E-state index < -0.39 is 23.6 Å². The summed E-state index contributed by atoms with van der Waals surface area (Å²) in [7, 11) is 0. The summed E-state index contributed by atoms with van der Waals surface area (Å²) in [6.07, 6.45) is 4.01. The molecule has 0 heterocycles. The lowest BCUT2D eigenvalue weighted by Gasteiger charge is -2.29. The Kier molecular flexibility index (Phi) is 9.14. The van der Waals surface area contributed by atoms with Gasteiger partial charge in [-0.2, -0.15) is 0 Å². The van der Waals surface area contributed by atoms with E-state index in [1.54, 1.807) is 48.5 Å². The molecule has 0 aromatic heterocycles. The zero-order valence-corrected chi connectivity index (χ0v) is 21.5. The Morgan fingerprint density at radius 3 is 2.24 bits per heavy atom. The van der Waals surface area contributed by atoms with Crippen LogP contribution in [-0.2, 0) is 0 Å². The molecule has 3 aromatic rings. The summed E-state index contributed by atoms with van der Waals surface area (Å²) in [4.78, 5) is 0. The highest BCUT2D eigenvalue weighted by molar-refractivity contribution is 5.65. The largest absolute Gasteiger partial charge is 0.494 e. The molecular formula is C31H35F3O3. The Morgan fingerprint density at radius 2 is 1.59 bits per heavy atom. The van der Waals surface area contributed by atoms with Crippen molar-refractivity contribution in [2.75, 3.05) is 13.2 Å². The topological polar surface area (TPSA) is 38.7 Å². The molecule has 3 nitrogen and oxygen atoms in total. The highest BCUT2D eigenvalue weighted by atomic mass is 19.2. The first-order valence-corrected chi connectivity index (χ1v) is 13.2. The summed E-state index contributed by atoms with van der Waals surface area (Å²) >= 11 is 0. The summed E-state index contributed by atoms with van der Waals surface area (Å²) in [6.45, 7) is 4.69. The number of aliphatic hydroxyl groups is 1. The van der Waals surface area contributed by atoms with Crippen molar-refractivity contribution in [2.24, 2.45) is 5.92 Å². The number of benzene rings is 3. The second kappa shape index (κ2) is 12.5. The first-order chi connectivity index (χ1) is 17.9. The van der Waals surface area contributed by atoms with Gasteiger partial charge in [0.1, 0.15) is 5.75 Å². The Hall–Kier alpha value is -2.99. The molecule has 6 heteroatoms. The van der Waals surface area contributed by atoms with Crippen molar-refractivity contribution in [3.8, 4) is 22.6 Å². The first kappa shape index (κ1) is 27.1. The van der Waals surface area contributed by atoms with Gasteiger partial charge in [-0.25, -0.2) is 13.2 Å². The molecule has 1 fully saturated rings. The fraction of sp³-hybridized carbons (Fsp3) is 0.419. The summed E-state index contributed by atoms with van der Waals surface area (Å²) in [5.41, 5.74) is 1.98. The smallest absolute Gasteiger partial charge is 0.168 e. The minimum atomic E-state index is -0.837. The van der Waals surface area contributed by atoms with Crippen molar-refractivity contribution in [1.29, 1.82) is 0 Å². The number of aliphatic hydroxyl groups excluding tert-OH is 1. The van der Waals surface area contributed by atoms with E-state index in [-0.39, 0.29) is 23.1 Å². The molecule has 1 aliphatic rings. The maximum Gasteiger partial charge on any atom is 0.168 e. The number of rotatable bonds is 10. The van der Waals surface area contributed by atoms with E-state index in [0.29, 0.717) is 36.5 Å². The molecule has 3 aromatic carbocycles. The zero-order chi connectivity index (χ0) is 26.4. The minimum Gasteiger partial charge on any atom is -0.494 e. The van der Waals surface area contributed by atoms with Crippen LogP contribution in [0.3, 0.4) is 0 Å². The Balaban J connectivity index is 1.36. The van der Waals surface area contributed by atoms with Crippen LogP contribution < -0.4 is 9.47 Å². The molecule has 1 saturated carbocycles. The lowest BCUT2D eigenvalue weighted by molar-refractivity contribution is 0.166. The molecule has 1 unspecified atom stereocenters. The van der Waals surface area contributed by atoms with Gasteiger partial charge in [-0.3, -0.25) is 0 Å². The third kappa shape index (κ3) is 6.48. The van der Waals surface area contributed by atoms with Crippen LogP contribution in [0.15, 0.2) is 54.6 Å². The van der Waals surface area contributed by atoms with Gasteiger partial charge >= 0.3 is 0 Å².